The number of hydrogen-bond donors (Lipinski definition) is 1. The fraction of sp³-hybridized carbons (Fsp3) is 0.630. The van der Waals surface area contributed by atoms with E-state index in [1.165, 1.54) is 30.4 Å². The highest BCUT2D eigenvalue weighted by molar-refractivity contribution is 5.36. The van der Waals surface area contributed by atoms with Crippen LogP contribution in [0, 0.1) is 30.6 Å². The molecule has 1 aromatic rings. The maximum Gasteiger partial charge on any atom is 0.0849 e. The van der Waals surface area contributed by atoms with Crippen LogP contribution in [0.2, 0.25) is 0 Å². The van der Waals surface area contributed by atoms with Gasteiger partial charge in [0.25, 0.3) is 0 Å². The van der Waals surface area contributed by atoms with Gasteiger partial charge < -0.3 is 5.11 Å². The van der Waals surface area contributed by atoms with Crippen molar-refractivity contribution >= 4 is 0 Å². The van der Waals surface area contributed by atoms with Crippen LogP contribution in [0.25, 0.3) is 0 Å². The highest BCUT2D eigenvalue weighted by Gasteiger charge is 2.36. The van der Waals surface area contributed by atoms with E-state index in [0.717, 1.165) is 31.1 Å². The van der Waals surface area contributed by atoms with Gasteiger partial charge in [0.05, 0.1) is 6.10 Å². The van der Waals surface area contributed by atoms with Crippen molar-refractivity contribution in [2.45, 2.75) is 84.7 Å². The van der Waals surface area contributed by atoms with Crippen molar-refractivity contribution in [3.05, 3.63) is 60.2 Å². The summed E-state index contributed by atoms with van der Waals surface area (Å²) in [5, 5.41) is 11.1. The van der Waals surface area contributed by atoms with Crippen molar-refractivity contribution < 1.29 is 5.11 Å². The first kappa shape index (κ1) is 22.9. The number of aryl methyl sites for hydroxylation is 1. The molecule has 1 aliphatic carbocycles. The van der Waals surface area contributed by atoms with Crippen molar-refractivity contribution in [2.75, 3.05) is 0 Å². The van der Waals surface area contributed by atoms with Crippen LogP contribution >= 0.6 is 0 Å². The predicted molar refractivity (Wildman–Crippen MR) is 123 cm³/mol. The van der Waals surface area contributed by atoms with Gasteiger partial charge in [0.1, 0.15) is 0 Å². The van der Waals surface area contributed by atoms with Crippen LogP contribution < -0.4 is 0 Å². The Balaban J connectivity index is 2.45. The maximum atomic E-state index is 11.1. The molecular formula is C27H42O. The molecule has 2 rings (SSSR count). The Hall–Kier alpha value is -1.34. The van der Waals surface area contributed by atoms with Crippen LogP contribution in [0.1, 0.15) is 77.3 Å². The van der Waals surface area contributed by atoms with Crippen LogP contribution in [0.4, 0.5) is 0 Å². The smallest absolute Gasteiger partial charge is 0.0849 e. The van der Waals surface area contributed by atoms with Crippen LogP contribution in [-0.2, 0) is 5.41 Å². The minimum Gasteiger partial charge on any atom is -0.388 e. The molecule has 1 fully saturated rings. The third-order valence-corrected chi connectivity index (χ3v) is 7.00. The average Bonchev–Trinajstić information content (AvgIpc) is 2.68. The fourth-order valence-electron chi connectivity index (χ4n) is 5.08. The summed E-state index contributed by atoms with van der Waals surface area (Å²) in [6.45, 7) is 15.4. The molecule has 0 bridgehead atoms. The lowest BCUT2D eigenvalue weighted by Crippen LogP contribution is -2.37. The number of unbranched alkanes of at least 4 members (excludes halogenated alkanes) is 1. The molecule has 0 saturated heterocycles. The molecular weight excluding hydrogens is 340 g/mol. The molecule has 0 heterocycles. The lowest BCUT2D eigenvalue weighted by atomic mass is 9.67. The van der Waals surface area contributed by atoms with E-state index in [-0.39, 0.29) is 5.41 Å². The largest absolute Gasteiger partial charge is 0.388 e. The quantitative estimate of drug-likeness (QED) is 0.446. The highest BCUT2D eigenvalue weighted by atomic mass is 16.3. The van der Waals surface area contributed by atoms with E-state index in [2.05, 4.69) is 77.6 Å². The van der Waals surface area contributed by atoms with Gasteiger partial charge in [-0.1, -0.05) is 95.0 Å². The first-order valence-electron chi connectivity index (χ1n) is 11.4. The molecule has 0 radical (unpaired) electrons. The minimum atomic E-state index is -0.573. The van der Waals surface area contributed by atoms with Gasteiger partial charge >= 0.3 is 0 Å². The molecule has 1 aliphatic rings. The maximum absolute atomic E-state index is 11.1. The molecule has 1 nitrogen and oxygen atoms in total. The Labute approximate surface area is 174 Å². The molecule has 0 amide bonds. The van der Waals surface area contributed by atoms with Crippen LogP contribution in [0.3, 0.4) is 0 Å². The van der Waals surface area contributed by atoms with E-state index in [1.807, 2.05) is 0 Å². The lowest BCUT2D eigenvalue weighted by Gasteiger charge is -2.39. The number of hydrogen-bond acceptors (Lipinski definition) is 1. The van der Waals surface area contributed by atoms with E-state index in [4.69, 9.17) is 0 Å². The van der Waals surface area contributed by atoms with Gasteiger partial charge in [-0.05, 0) is 55.4 Å². The first-order valence-corrected chi connectivity index (χ1v) is 11.4. The SMILES string of the molecule is C=CC(O)[C@](/C=C/[C@@H]1C[C@H](C)CC[C@H]1C(C)C)(CCCC)c1ccc(C)cc1. The molecule has 5 atom stereocenters. The Bertz CT molecular complexity index is 626. The van der Waals surface area contributed by atoms with E-state index < -0.39 is 6.10 Å². The molecule has 0 aromatic heterocycles. The average molecular weight is 383 g/mol. The highest BCUT2D eigenvalue weighted by Crippen LogP contribution is 2.41. The van der Waals surface area contributed by atoms with E-state index in [9.17, 15) is 5.11 Å². The van der Waals surface area contributed by atoms with Crippen molar-refractivity contribution in [2.24, 2.45) is 23.7 Å². The van der Waals surface area contributed by atoms with Crippen molar-refractivity contribution in [1.29, 1.82) is 0 Å². The van der Waals surface area contributed by atoms with Crippen LogP contribution in [0.15, 0.2) is 49.1 Å². The molecule has 1 N–H and O–H groups in total. The zero-order valence-corrected chi connectivity index (χ0v) is 18.8. The summed E-state index contributed by atoms with van der Waals surface area (Å²) in [5.74, 6) is 2.84. The Morgan fingerprint density at radius 3 is 2.46 bits per heavy atom. The number of aliphatic hydroxyl groups excluding tert-OH is 1. The van der Waals surface area contributed by atoms with Gasteiger partial charge in [0.2, 0.25) is 0 Å². The summed E-state index contributed by atoms with van der Waals surface area (Å²) < 4.78 is 0. The molecule has 1 unspecified atom stereocenters. The number of rotatable bonds is 9. The van der Waals surface area contributed by atoms with Gasteiger partial charge in [-0.3, -0.25) is 0 Å². The summed E-state index contributed by atoms with van der Waals surface area (Å²) in [7, 11) is 0. The molecule has 156 valence electrons. The molecule has 1 aromatic carbocycles. The van der Waals surface area contributed by atoms with Gasteiger partial charge in [-0.2, -0.15) is 0 Å². The standard InChI is InChI=1S/C27H42O/c1-7-9-17-27(26(28)8-2,24-13-10-21(5)11-14-24)18-16-23-19-22(6)12-15-25(23)20(3)4/h8,10-11,13-14,16,18,20,22-23,25-26,28H,2,7,9,12,15,17,19H2,1,3-6H3/b18-16+/t22-,23-,25+,26?,27+/m1/s1. The second kappa shape index (κ2) is 10.4. The second-order valence-electron chi connectivity index (χ2n) is 9.54. The minimum absolute atomic E-state index is 0.381. The fourth-order valence-corrected chi connectivity index (χ4v) is 5.08. The summed E-state index contributed by atoms with van der Waals surface area (Å²) in [6, 6.07) is 8.73. The van der Waals surface area contributed by atoms with Crippen molar-refractivity contribution in [3.63, 3.8) is 0 Å². The third-order valence-electron chi connectivity index (χ3n) is 7.00. The summed E-state index contributed by atoms with van der Waals surface area (Å²) in [6.07, 6.45) is 13.1. The van der Waals surface area contributed by atoms with E-state index >= 15 is 0 Å². The molecule has 0 aliphatic heterocycles. The molecule has 1 saturated carbocycles. The normalized spacial score (nSPS) is 26.3. The van der Waals surface area contributed by atoms with E-state index in [0.29, 0.717) is 11.8 Å². The lowest BCUT2D eigenvalue weighted by molar-refractivity contribution is 0.140. The number of aliphatic hydroxyl groups is 1. The Morgan fingerprint density at radius 2 is 1.89 bits per heavy atom. The van der Waals surface area contributed by atoms with Gasteiger partial charge in [-0.25, -0.2) is 0 Å². The number of allylic oxidation sites excluding steroid dienone is 1. The zero-order valence-electron chi connectivity index (χ0n) is 18.8. The Kier molecular flexibility index (Phi) is 8.56. The monoisotopic (exact) mass is 382 g/mol. The van der Waals surface area contributed by atoms with Crippen molar-refractivity contribution in [1.82, 2.24) is 0 Å². The summed E-state index contributed by atoms with van der Waals surface area (Å²) in [4.78, 5) is 0. The molecule has 28 heavy (non-hydrogen) atoms. The summed E-state index contributed by atoms with van der Waals surface area (Å²) >= 11 is 0. The number of benzene rings is 1. The Morgan fingerprint density at radius 1 is 1.21 bits per heavy atom. The van der Waals surface area contributed by atoms with Gasteiger partial charge in [0, 0.05) is 5.41 Å². The topological polar surface area (TPSA) is 20.2 Å². The van der Waals surface area contributed by atoms with Gasteiger partial charge in [-0.15, -0.1) is 6.58 Å². The molecule has 1 heteroatoms. The second-order valence-corrected chi connectivity index (χ2v) is 9.54. The van der Waals surface area contributed by atoms with E-state index in [1.54, 1.807) is 6.08 Å². The van der Waals surface area contributed by atoms with Crippen LogP contribution in [-0.4, -0.2) is 11.2 Å². The van der Waals surface area contributed by atoms with Crippen molar-refractivity contribution in [3.8, 4) is 0 Å². The van der Waals surface area contributed by atoms with Gasteiger partial charge in [0.15, 0.2) is 0 Å². The third kappa shape index (κ3) is 5.38. The first-order chi connectivity index (χ1) is 13.3. The van der Waals surface area contributed by atoms with Crippen LogP contribution in [0.5, 0.6) is 0 Å². The summed E-state index contributed by atoms with van der Waals surface area (Å²) in [5.41, 5.74) is 2.08. The molecule has 0 spiro atoms. The zero-order chi connectivity index (χ0) is 20.7. The predicted octanol–water partition coefficient (Wildman–Crippen LogP) is 7.23.